The van der Waals surface area contributed by atoms with Crippen LogP contribution in [0.1, 0.15) is 12.8 Å². The predicted octanol–water partition coefficient (Wildman–Crippen LogP) is 6.01. The summed E-state index contributed by atoms with van der Waals surface area (Å²) in [5.74, 6) is 0. The first-order valence-corrected chi connectivity index (χ1v) is 21.3. The number of halogens is 6. The van der Waals surface area contributed by atoms with Crippen LogP contribution in [0.15, 0.2) is 0 Å². The third kappa shape index (κ3) is 13.3. The van der Waals surface area contributed by atoms with E-state index in [0.29, 0.717) is 0 Å². The lowest BCUT2D eigenvalue weighted by molar-refractivity contribution is 0.877. The summed E-state index contributed by atoms with van der Waals surface area (Å²) in [5, 5.41) is 0. The van der Waals surface area contributed by atoms with Gasteiger partial charge in [-0.2, -0.15) is 0 Å². The van der Waals surface area contributed by atoms with E-state index in [2.05, 4.69) is 91.8 Å². The molecule has 0 aliphatic carbocycles. The standard InChI is InChI=1S/C4H8Br6Si2/c5-11(6,7)3-1-2-4-12(8,9)10/h1-4H2. The van der Waals surface area contributed by atoms with Crippen LogP contribution >= 0.6 is 91.8 Å². The summed E-state index contributed by atoms with van der Waals surface area (Å²) in [5.41, 5.74) is 0. The third-order valence-corrected chi connectivity index (χ3v) is 10.1. The molecule has 0 N–H and O–H groups in total. The van der Waals surface area contributed by atoms with Gasteiger partial charge < -0.3 is 0 Å². The molecule has 8 heteroatoms. The van der Waals surface area contributed by atoms with Crippen LogP contribution in [0.2, 0.25) is 12.1 Å². The van der Waals surface area contributed by atoms with E-state index in [0.717, 1.165) is 0 Å². The first-order chi connectivity index (χ1) is 5.21. The van der Waals surface area contributed by atoms with Crippen LogP contribution in [-0.4, -0.2) is 7.86 Å². The van der Waals surface area contributed by atoms with Gasteiger partial charge in [0, 0.05) is 0 Å². The van der Waals surface area contributed by atoms with E-state index in [4.69, 9.17) is 0 Å². The highest BCUT2D eigenvalue weighted by atomic mass is 80.0. The monoisotopic (exact) mass is 586 g/mol. The molecular weight excluding hydrogens is 584 g/mol. The van der Waals surface area contributed by atoms with Gasteiger partial charge in [0.1, 0.15) is 0 Å². The zero-order valence-electron chi connectivity index (χ0n) is 6.10. The molecule has 0 nitrogen and oxygen atoms in total. The van der Waals surface area contributed by atoms with E-state index in [9.17, 15) is 0 Å². The van der Waals surface area contributed by atoms with Crippen molar-refractivity contribution in [2.45, 2.75) is 24.9 Å². The Morgan fingerprint density at radius 1 is 0.583 bits per heavy atom. The van der Waals surface area contributed by atoms with Gasteiger partial charge in [0.15, 0.2) is 0 Å². The summed E-state index contributed by atoms with van der Waals surface area (Å²) < 4.78 is -2.69. The molecule has 0 aromatic carbocycles. The topological polar surface area (TPSA) is 0 Å². The van der Waals surface area contributed by atoms with Gasteiger partial charge in [-0.15, -0.1) is 0 Å². The summed E-state index contributed by atoms with van der Waals surface area (Å²) in [6.07, 6.45) is 2.51. The summed E-state index contributed by atoms with van der Waals surface area (Å²) in [6, 6.07) is 2.43. The average molecular weight is 592 g/mol. The van der Waals surface area contributed by atoms with Crippen LogP contribution < -0.4 is 0 Å². The highest BCUT2D eigenvalue weighted by molar-refractivity contribution is 9.72. The van der Waals surface area contributed by atoms with Gasteiger partial charge in [0.05, 0.1) is 0 Å². The van der Waals surface area contributed by atoms with Crippen LogP contribution in [0.3, 0.4) is 0 Å². The molecule has 0 saturated carbocycles. The smallest absolute Gasteiger partial charge is 0.0964 e. The molecule has 0 radical (unpaired) electrons. The highest BCUT2D eigenvalue weighted by Gasteiger charge is 2.24. The van der Waals surface area contributed by atoms with Crippen molar-refractivity contribution in [3.8, 4) is 0 Å². The molecule has 0 heterocycles. The Bertz CT molecular complexity index is 110. The summed E-state index contributed by atoms with van der Waals surface area (Å²) in [4.78, 5) is 0. The predicted molar refractivity (Wildman–Crippen MR) is 83.9 cm³/mol. The van der Waals surface area contributed by atoms with Crippen LogP contribution in [0.5, 0.6) is 0 Å². The van der Waals surface area contributed by atoms with E-state index in [1.54, 1.807) is 0 Å². The number of hydrogen-bond acceptors (Lipinski definition) is 0. The molecular formula is C4H8Br6Si2. The van der Waals surface area contributed by atoms with E-state index in [1.165, 1.54) is 24.9 Å². The fourth-order valence-corrected chi connectivity index (χ4v) is 7.00. The van der Waals surface area contributed by atoms with E-state index in [-0.39, 0.29) is 0 Å². The van der Waals surface area contributed by atoms with Gasteiger partial charge in [0.25, 0.3) is 7.86 Å². The Morgan fingerprint density at radius 3 is 1.00 bits per heavy atom. The normalized spacial score (nSPS) is 13.5. The lowest BCUT2D eigenvalue weighted by Crippen LogP contribution is -2.08. The second-order valence-corrected chi connectivity index (χ2v) is 49.4. The van der Waals surface area contributed by atoms with Gasteiger partial charge >= 0.3 is 0 Å². The minimum Gasteiger partial charge on any atom is -0.0964 e. The van der Waals surface area contributed by atoms with Crippen LogP contribution in [0.25, 0.3) is 0 Å². The van der Waals surface area contributed by atoms with Gasteiger partial charge in [-0.1, -0.05) is 105 Å². The summed E-state index contributed by atoms with van der Waals surface area (Å²) >= 11 is 21.6. The fraction of sp³-hybridized carbons (Fsp3) is 1.00. The van der Waals surface area contributed by atoms with Crippen molar-refractivity contribution in [1.29, 1.82) is 0 Å². The maximum absolute atomic E-state index is 3.61. The third-order valence-electron chi connectivity index (χ3n) is 1.17. The maximum atomic E-state index is 3.61. The fourth-order valence-electron chi connectivity index (χ4n) is 0.651. The molecule has 0 amide bonds. The van der Waals surface area contributed by atoms with Gasteiger partial charge in [0.2, 0.25) is 0 Å². The zero-order chi connectivity index (χ0) is 9.83. The van der Waals surface area contributed by atoms with Crippen molar-refractivity contribution >= 4 is 99.6 Å². The van der Waals surface area contributed by atoms with Crippen molar-refractivity contribution in [2.75, 3.05) is 0 Å². The van der Waals surface area contributed by atoms with E-state index in [1.807, 2.05) is 0 Å². The van der Waals surface area contributed by atoms with Crippen molar-refractivity contribution in [3.63, 3.8) is 0 Å². The first-order valence-electron chi connectivity index (χ1n) is 3.34. The number of rotatable bonds is 5. The lowest BCUT2D eigenvalue weighted by Gasteiger charge is -2.11. The Morgan fingerprint density at radius 2 is 0.833 bits per heavy atom. The second kappa shape index (κ2) is 6.80. The minimum absolute atomic E-state index is 1.21. The Labute approximate surface area is 122 Å². The molecule has 74 valence electrons. The van der Waals surface area contributed by atoms with Gasteiger partial charge in [-0.3, -0.25) is 0 Å². The molecule has 0 unspecified atom stereocenters. The molecule has 12 heavy (non-hydrogen) atoms. The maximum Gasteiger partial charge on any atom is 0.267 e. The molecule has 0 atom stereocenters. The van der Waals surface area contributed by atoms with Gasteiger partial charge in [-0.25, -0.2) is 0 Å². The minimum atomic E-state index is -1.35. The van der Waals surface area contributed by atoms with Crippen molar-refractivity contribution in [3.05, 3.63) is 0 Å². The molecule has 0 saturated heterocycles. The van der Waals surface area contributed by atoms with Gasteiger partial charge in [-0.05, 0) is 12.1 Å². The molecule has 0 spiro atoms. The quantitative estimate of drug-likeness (QED) is 0.209. The first kappa shape index (κ1) is 15.3. The highest BCUT2D eigenvalue weighted by Crippen LogP contribution is 2.37. The van der Waals surface area contributed by atoms with Crippen LogP contribution in [0, 0.1) is 0 Å². The molecule has 0 rings (SSSR count). The molecule has 0 aliphatic heterocycles. The largest absolute Gasteiger partial charge is 0.267 e. The summed E-state index contributed by atoms with van der Waals surface area (Å²) in [6.45, 7) is 0. The van der Waals surface area contributed by atoms with Crippen molar-refractivity contribution in [1.82, 2.24) is 0 Å². The molecule has 0 bridgehead atoms. The van der Waals surface area contributed by atoms with E-state index < -0.39 is 7.86 Å². The Hall–Kier alpha value is 3.31. The number of hydrogen-bond donors (Lipinski definition) is 0. The van der Waals surface area contributed by atoms with E-state index >= 15 is 0 Å². The average Bonchev–Trinajstić information content (AvgIpc) is 1.76. The summed E-state index contributed by atoms with van der Waals surface area (Å²) in [7, 11) is 0. The molecule has 0 aromatic heterocycles. The lowest BCUT2D eigenvalue weighted by atomic mass is 10.4. The van der Waals surface area contributed by atoms with Crippen LogP contribution in [-0.2, 0) is 0 Å². The molecule has 0 fully saturated rings. The van der Waals surface area contributed by atoms with Crippen molar-refractivity contribution < 1.29 is 0 Å². The number of unbranched alkanes of at least 4 members (excludes halogenated alkanes) is 1. The second-order valence-electron chi connectivity index (χ2n) is 2.44. The zero-order valence-corrected chi connectivity index (χ0v) is 17.6. The Kier molecular flexibility index (Phi) is 8.68. The van der Waals surface area contributed by atoms with Crippen molar-refractivity contribution in [2.24, 2.45) is 0 Å². The Balaban J connectivity index is 3.35. The molecule has 0 aliphatic rings. The van der Waals surface area contributed by atoms with Crippen LogP contribution in [0.4, 0.5) is 0 Å². The SMILES string of the molecule is Br[Si](Br)(Br)CCCC[Si](Br)(Br)Br. The molecule has 0 aromatic rings.